The molecule has 2 rings (SSSR count). The zero-order valence-corrected chi connectivity index (χ0v) is 14.8. The van der Waals surface area contributed by atoms with Gasteiger partial charge < -0.3 is 4.18 Å². The molecule has 2 aromatic rings. The largest absolute Gasteiger partial charge is 0.534 e. The van der Waals surface area contributed by atoms with Crippen LogP contribution in [-0.4, -0.2) is 13.9 Å². The van der Waals surface area contributed by atoms with Crippen molar-refractivity contribution in [3.05, 3.63) is 53.1 Å². The van der Waals surface area contributed by atoms with E-state index in [9.17, 15) is 47.9 Å². The Balaban J connectivity index is 2.76. The summed E-state index contributed by atoms with van der Waals surface area (Å²) in [5.74, 6) is -1.11. The van der Waals surface area contributed by atoms with Crippen LogP contribution in [0.3, 0.4) is 0 Å². The highest BCUT2D eigenvalue weighted by Crippen LogP contribution is 2.45. The maximum atomic E-state index is 13.4. The molecule has 0 heterocycles. The van der Waals surface area contributed by atoms with Crippen LogP contribution < -0.4 is 4.18 Å². The van der Waals surface area contributed by atoms with E-state index in [1.165, 1.54) is 0 Å². The summed E-state index contributed by atoms with van der Waals surface area (Å²) in [6.45, 7) is 1.00. The third-order valence-electron chi connectivity index (χ3n) is 3.51. The van der Waals surface area contributed by atoms with Gasteiger partial charge in [-0.05, 0) is 42.3 Å². The van der Waals surface area contributed by atoms with E-state index in [1.54, 1.807) is 0 Å². The lowest BCUT2D eigenvalue weighted by Gasteiger charge is -2.20. The molecule has 0 aliphatic heterocycles. The number of halogens is 9. The molecule has 0 aromatic heterocycles. The third kappa shape index (κ3) is 4.95. The Morgan fingerprint density at radius 2 is 1.28 bits per heavy atom. The smallest absolute Gasteiger partial charge is 0.376 e. The lowest BCUT2D eigenvalue weighted by Crippen LogP contribution is -2.28. The highest BCUT2D eigenvalue weighted by molar-refractivity contribution is 7.88. The molecule has 2 aromatic carbocycles. The minimum Gasteiger partial charge on any atom is -0.376 e. The minimum absolute atomic E-state index is 0.346. The Labute approximate surface area is 157 Å². The van der Waals surface area contributed by atoms with Crippen LogP contribution in [0, 0.1) is 6.92 Å². The fraction of sp³-hybridized carbons (Fsp3) is 0.250. The molecule has 0 saturated heterocycles. The van der Waals surface area contributed by atoms with Gasteiger partial charge in [-0.15, -0.1) is 0 Å². The quantitative estimate of drug-likeness (QED) is 0.330. The van der Waals surface area contributed by atoms with Crippen LogP contribution in [0.5, 0.6) is 5.75 Å². The van der Waals surface area contributed by atoms with Crippen LogP contribution in [-0.2, 0) is 22.5 Å². The van der Waals surface area contributed by atoms with Gasteiger partial charge in [0.1, 0.15) is 5.75 Å². The van der Waals surface area contributed by atoms with Gasteiger partial charge in [-0.25, -0.2) is 0 Å². The van der Waals surface area contributed by atoms with E-state index in [0.717, 1.165) is 19.1 Å². The fourth-order valence-corrected chi connectivity index (χ4v) is 2.87. The summed E-state index contributed by atoms with van der Waals surface area (Å²) in [5, 5.41) is 0. The van der Waals surface area contributed by atoms with Crippen LogP contribution in [0.2, 0.25) is 0 Å². The Hall–Kier alpha value is -2.44. The predicted molar refractivity (Wildman–Crippen MR) is 82.2 cm³/mol. The van der Waals surface area contributed by atoms with Gasteiger partial charge in [0.05, 0.1) is 11.1 Å². The van der Waals surface area contributed by atoms with Crippen molar-refractivity contribution in [2.45, 2.75) is 24.8 Å². The van der Waals surface area contributed by atoms with Crippen molar-refractivity contribution in [3.63, 3.8) is 0 Å². The third-order valence-corrected chi connectivity index (χ3v) is 4.48. The summed E-state index contributed by atoms with van der Waals surface area (Å²) < 4.78 is 143. The standard InChI is InChI=1S/C16H9F9O3S/c1-8-5-11(14(17,18)19)13(12(6-8)15(20,21)22)9-3-2-4-10(7-9)28-29(26,27)16(23,24)25/h2-7H,1H3. The molecule has 0 amide bonds. The summed E-state index contributed by atoms with van der Waals surface area (Å²) in [6, 6.07) is 3.37. The molecule has 0 bridgehead atoms. The second-order valence-corrected chi connectivity index (χ2v) is 7.28. The molecule has 0 spiro atoms. The number of rotatable bonds is 3. The molecule has 0 unspecified atom stereocenters. The van der Waals surface area contributed by atoms with Gasteiger partial charge in [-0.2, -0.15) is 47.9 Å². The number of alkyl halides is 9. The van der Waals surface area contributed by atoms with E-state index in [-0.39, 0.29) is 5.56 Å². The van der Waals surface area contributed by atoms with Gasteiger partial charge in [0, 0.05) is 5.56 Å². The van der Waals surface area contributed by atoms with E-state index in [0.29, 0.717) is 24.3 Å². The first kappa shape index (κ1) is 22.8. The lowest BCUT2D eigenvalue weighted by atomic mass is 9.91. The van der Waals surface area contributed by atoms with Crippen LogP contribution in [0.1, 0.15) is 16.7 Å². The molecule has 29 heavy (non-hydrogen) atoms. The first-order chi connectivity index (χ1) is 12.9. The van der Waals surface area contributed by atoms with E-state index in [2.05, 4.69) is 4.18 Å². The zero-order valence-electron chi connectivity index (χ0n) is 14.0. The van der Waals surface area contributed by atoms with E-state index >= 15 is 0 Å². The minimum atomic E-state index is -6.18. The monoisotopic (exact) mass is 452 g/mol. The Kier molecular flexibility index (Phi) is 5.60. The molecule has 0 fully saturated rings. The van der Waals surface area contributed by atoms with E-state index < -0.39 is 56.0 Å². The Morgan fingerprint density at radius 3 is 1.69 bits per heavy atom. The molecule has 0 aliphatic carbocycles. The molecule has 3 nitrogen and oxygen atoms in total. The van der Waals surface area contributed by atoms with Crippen molar-refractivity contribution in [2.24, 2.45) is 0 Å². The SMILES string of the molecule is Cc1cc(C(F)(F)F)c(-c2cccc(OS(=O)(=O)C(F)(F)F)c2)c(C(F)(F)F)c1. The van der Waals surface area contributed by atoms with Crippen molar-refractivity contribution in [1.82, 2.24) is 0 Å². The normalized spacial score (nSPS) is 13.4. The number of aryl methyl sites for hydroxylation is 1. The number of hydrogen-bond donors (Lipinski definition) is 0. The maximum Gasteiger partial charge on any atom is 0.534 e. The molecule has 160 valence electrons. The summed E-state index contributed by atoms with van der Waals surface area (Å²) in [4.78, 5) is 0. The second kappa shape index (κ2) is 7.11. The molecule has 0 aliphatic rings. The van der Waals surface area contributed by atoms with E-state index in [4.69, 9.17) is 0 Å². The van der Waals surface area contributed by atoms with Crippen molar-refractivity contribution >= 4 is 10.1 Å². The van der Waals surface area contributed by atoms with Crippen LogP contribution in [0.25, 0.3) is 11.1 Å². The van der Waals surface area contributed by atoms with Gasteiger partial charge >= 0.3 is 28.0 Å². The number of hydrogen-bond acceptors (Lipinski definition) is 3. The van der Waals surface area contributed by atoms with Gasteiger partial charge in [0.2, 0.25) is 0 Å². The molecular formula is C16H9F9O3S. The Morgan fingerprint density at radius 1 is 0.793 bits per heavy atom. The average Bonchev–Trinajstić information content (AvgIpc) is 2.51. The fourth-order valence-electron chi connectivity index (χ4n) is 2.42. The molecular weight excluding hydrogens is 443 g/mol. The summed E-state index contributed by atoms with van der Waals surface area (Å²) in [5.41, 5.74) is -11.8. The summed E-state index contributed by atoms with van der Waals surface area (Å²) in [6.07, 6.45) is -10.5. The highest BCUT2D eigenvalue weighted by Gasteiger charge is 2.48. The molecule has 0 N–H and O–H groups in total. The predicted octanol–water partition coefficient (Wildman–Crippen LogP) is 5.93. The zero-order chi connectivity index (χ0) is 22.4. The van der Waals surface area contributed by atoms with Gasteiger partial charge in [0.25, 0.3) is 0 Å². The summed E-state index contributed by atoms with van der Waals surface area (Å²) in [7, 11) is -6.18. The van der Waals surface area contributed by atoms with Gasteiger partial charge in [-0.1, -0.05) is 12.1 Å². The van der Waals surface area contributed by atoms with Crippen molar-refractivity contribution in [3.8, 4) is 16.9 Å². The molecule has 0 radical (unpaired) electrons. The van der Waals surface area contributed by atoms with E-state index in [1.807, 2.05) is 0 Å². The highest BCUT2D eigenvalue weighted by atomic mass is 32.2. The first-order valence-corrected chi connectivity index (χ1v) is 8.74. The Bertz CT molecular complexity index is 984. The lowest BCUT2D eigenvalue weighted by molar-refractivity contribution is -0.142. The topological polar surface area (TPSA) is 43.4 Å². The van der Waals surface area contributed by atoms with Crippen molar-refractivity contribution in [2.75, 3.05) is 0 Å². The molecule has 0 saturated carbocycles. The van der Waals surface area contributed by atoms with Crippen molar-refractivity contribution in [1.29, 1.82) is 0 Å². The van der Waals surface area contributed by atoms with Crippen LogP contribution in [0.15, 0.2) is 36.4 Å². The number of benzene rings is 2. The van der Waals surface area contributed by atoms with Crippen LogP contribution >= 0.6 is 0 Å². The van der Waals surface area contributed by atoms with Gasteiger partial charge in [0.15, 0.2) is 0 Å². The molecule has 0 atom stereocenters. The van der Waals surface area contributed by atoms with Gasteiger partial charge in [-0.3, -0.25) is 0 Å². The first-order valence-electron chi connectivity index (χ1n) is 7.34. The molecule has 13 heteroatoms. The van der Waals surface area contributed by atoms with Crippen molar-refractivity contribution < 1.29 is 52.1 Å². The second-order valence-electron chi connectivity index (χ2n) is 5.74. The summed E-state index contributed by atoms with van der Waals surface area (Å²) >= 11 is 0. The average molecular weight is 452 g/mol. The maximum absolute atomic E-state index is 13.4. The van der Waals surface area contributed by atoms with Crippen LogP contribution in [0.4, 0.5) is 39.5 Å².